The van der Waals surface area contributed by atoms with Gasteiger partial charge in [-0.3, -0.25) is 0 Å². The molecule has 0 aliphatic heterocycles. The maximum Gasteiger partial charge on any atom is 0.220 e. The van der Waals surface area contributed by atoms with Crippen LogP contribution in [0.5, 0.6) is 11.6 Å². The van der Waals surface area contributed by atoms with Crippen LogP contribution in [0.2, 0.25) is 0 Å². The molecule has 0 amide bonds. The molecule has 1 aromatic carbocycles. The van der Waals surface area contributed by atoms with Gasteiger partial charge in [-0.1, -0.05) is 12.1 Å². The van der Waals surface area contributed by atoms with Crippen molar-refractivity contribution in [2.75, 3.05) is 0 Å². The van der Waals surface area contributed by atoms with Crippen LogP contribution < -0.4 is 4.74 Å². The molecule has 0 saturated heterocycles. The van der Waals surface area contributed by atoms with Crippen LogP contribution in [0.15, 0.2) is 42.6 Å². The Kier molecular flexibility index (Phi) is 3.37. The van der Waals surface area contributed by atoms with E-state index in [-0.39, 0.29) is 0 Å². The van der Waals surface area contributed by atoms with Crippen LogP contribution in [-0.4, -0.2) is 4.98 Å². The first kappa shape index (κ1) is 10.9. The second-order valence-electron chi connectivity index (χ2n) is 3.03. The monoisotopic (exact) mass is 322 g/mol. The zero-order chi connectivity index (χ0) is 11.4. The number of para-hydroxylation sites is 1. The molecule has 0 aliphatic rings. The number of rotatable bonds is 2. The normalized spacial score (nSPS) is 9.50. The van der Waals surface area contributed by atoms with Gasteiger partial charge in [0.1, 0.15) is 5.75 Å². The first-order valence-corrected chi connectivity index (χ1v) is 5.66. The molecule has 0 spiro atoms. The Morgan fingerprint density at radius 3 is 2.81 bits per heavy atom. The quantitative estimate of drug-likeness (QED) is 0.797. The fourth-order valence-corrected chi connectivity index (χ4v) is 1.67. The number of ether oxygens (including phenoxy) is 1. The van der Waals surface area contributed by atoms with Gasteiger partial charge in [0, 0.05) is 12.3 Å². The molecule has 0 bridgehead atoms. The zero-order valence-corrected chi connectivity index (χ0v) is 10.4. The molecule has 2 rings (SSSR count). The van der Waals surface area contributed by atoms with Crippen LogP contribution >= 0.6 is 22.6 Å². The molecule has 2 aromatic rings. The average Bonchev–Trinajstić information content (AvgIpc) is 2.32. The Morgan fingerprint density at radius 2 is 2.06 bits per heavy atom. The van der Waals surface area contributed by atoms with Crippen LogP contribution in [0.1, 0.15) is 5.56 Å². The number of benzene rings is 1. The van der Waals surface area contributed by atoms with E-state index in [1.54, 1.807) is 18.3 Å². The largest absolute Gasteiger partial charge is 0.438 e. The Labute approximate surface area is 107 Å². The maximum absolute atomic E-state index is 8.75. The highest BCUT2D eigenvalue weighted by Crippen LogP contribution is 2.25. The van der Waals surface area contributed by atoms with E-state index in [1.807, 2.05) is 30.3 Å². The standard InChI is InChI=1S/C12H7IN2O/c13-10-3-1-2-4-11(10)16-12-7-9(8-14)5-6-15-12/h1-7H. The molecule has 3 nitrogen and oxygen atoms in total. The summed E-state index contributed by atoms with van der Waals surface area (Å²) in [6.45, 7) is 0. The van der Waals surface area contributed by atoms with E-state index < -0.39 is 0 Å². The molecule has 0 radical (unpaired) electrons. The van der Waals surface area contributed by atoms with Gasteiger partial charge in [0.25, 0.3) is 0 Å². The van der Waals surface area contributed by atoms with Crippen LogP contribution in [0.3, 0.4) is 0 Å². The highest BCUT2D eigenvalue weighted by Gasteiger charge is 2.02. The van der Waals surface area contributed by atoms with Crippen molar-refractivity contribution in [2.24, 2.45) is 0 Å². The maximum atomic E-state index is 8.75. The second-order valence-corrected chi connectivity index (χ2v) is 4.19. The highest BCUT2D eigenvalue weighted by molar-refractivity contribution is 14.1. The molecule has 16 heavy (non-hydrogen) atoms. The molecule has 1 heterocycles. The predicted octanol–water partition coefficient (Wildman–Crippen LogP) is 3.35. The lowest BCUT2D eigenvalue weighted by Crippen LogP contribution is -1.90. The fraction of sp³-hybridized carbons (Fsp3) is 0. The Morgan fingerprint density at radius 1 is 1.25 bits per heavy atom. The van der Waals surface area contributed by atoms with Crippen molar-refractivity contribution in [3.8, 4) is 17.7 Å². The SMILES string of the molecule is N#Cc1ccnc(Oc2ccccc2I)c1. The summed E-state index contributed by atoms with van der Waals surface area (Å²) in [6.07, 6.45) is 1.56. The molecule has 0 unspecified atom stereocenters. The highest BCUT2D eigenvalue weighted by atomic mass is 127. The lowest BCUT2D eigenvalue weighted by Gasteiger charge is -2.05. The minimum atomic E-state index is 0.433. The van der Waals surface area contributed by atoms with E-state index in [4.69, 9.17) is 10.00 Å². The van der Waals surface area contributed by atoms with Crippen LogP contribution in [-0.2, 0) is 0 Å². The summed E-state index contributed by atoms with van der Waals surface area (Å²) in [6, 6.07) is 12.9. The Balaban J connectivity index is 2.28. The summed E-state index contributed by atoms with van der Waals surface area (Å²) in [5, 5.41) is 8.75. The van der Waals surface area contributed by atoms with Crippen molar-refractivity contribution in [1.29, 1.82) is 5.26 Å². The number of nitriles is 1. The smallest absolute Gasteiger partial charge is 0.220 e. The summed E-state index contributed by atoms with van der Waals surface area (Å²) in [5.74, 6) is 1.17. The van der Waals surface area contributed by atoms with E-state index >= 15 is 0 Å². The topological polar surface area (TPSA) is 45.9 Å². The molecule has 0 aliphatic carbocycles. The summed E-state index contributed by atoms with van der Waals surface area (Å²) < 4.78 is 6.59. The van der Waals surface area contributed by atoms with Crippen molar-refractivity contribution in [2.45, 2.75) is 0 Å². The van der Waals surface area contributed by atoms with Gasteiger partial charge in [0.15, 0.2) is 0 Å². The number of hydrogen-bond acceptors (Lipinski definition) is 3. The molecule has 0 atom stereocenters. The van der Waals surface area contributed by atoms with Crippen molar-refractivity contribution in [3.05, 3.63) is 51.7 Å². The minimum Gasteiger partial charge on any atom is -0.438 e. The van der Waals surface area contributed by atoms with Gasteiger partial charge in [0.2, 0.25) is 5.88 Å². The predicted molar refractivity (Wildman–Crippen MR) is 68.2 cm³/mol. The minimum absolute atomic E-state index is 0.433. The summed E-state index contributed by atoms with van der Waals surface area (Å²) in [7, 11) is 0. The van der Waals surface area contributed by atoms with Crippen molar-refractivity contribution in [3.63, 3.8) is 0 Å². The number of halogens is 1. The molecule has 0 N–H and O–H groups in total. The lowest BCUT2D eigenvalue weighted by molar-refractivity contribution is 0.459. The summed E-state index contributed by atoms with van der Waals surface area (Å²) in [4.78, 5) is 4.05. The van der Waals surface area contributed by atoms with Crippen molar-refractivity contribution >= 4 is 22.6 Å². The molecular formula is C12H7IN2O. The Hall–Kier alpha value is -1.61. The molecular weight excluding hydrogens is 315 g/mol. The van der Waals surface area contributed by atoms with Gasteiger partial charge in [-0.15, -0.1) is 0 Å². The first-order valence-electron chi connectivity index (χ1n) is 4.58. The van der Waals surface area contributed by atoms with Gasteiger partial charge in [-0.05, 0) is 40.8 Å². The van der Waals surface area contributed by atoms with Gasteiger partial charge in [0.05, 0.1) is 15.2 Å². The van der Waals surface area contributed by atoms with E-state index in [1.165, 1.54) is 0 Å². The molecule has 0 saturated carbocycles. The van der Waals surface area contributed by atoms with Gasteiger partial charge in [-0.2, -0.15) is 5.26 Å². The lowest BCUT2D eigenvalue weighted by atomic mass is 10.3. The summed E-state index contributed by atoms with van der Waals surface area (Å²) >= 11 is 2.19. The molecule has 1 aromatic heterocycles. The number of hydrogen-bond donors (Lipinski definition) is 0. The Bertz CT molecular complexity index is 549. The molecule has 0 fully saturated rings. The van der Waals surface area contributed by atoms with E-state index in [0.717, 1.165) is 9.32 Å². The third-order valence-electron chi connectivity index (χ3n) is 1.92. The van der Waals surface area contributed by atoms with E-state index in [9.17, 15) is 0 Å². The number of aromatic nitrogens is 1. The van der Waals surface area contributed by atoms with Gasteiger partial charge in [-0.25, -0.2) is 4.98 Å². The van der Waals surface area contributed by atoms with Crippen molar-refractivity contribution < 1.29 is 4.74 Å². The fourth-order valence-electron chi connectivity index (χ4n) is 1.17. The van der Waals surface area contributed by atoms with Gasteiger partial charge < -0.3 is 4.74 Å². The van der Waals surface area contributed by atoms with Gasteiger partial charge >= 0.3 is 0 Å². The van der Waals surface area contributed by atoms with E-state index in [2.05, 4.69) is 27.6 Å². The second kappa shape index (κ2) is 4.94. The molecule has 78 valence electrons. The first-order chi connectivity index (χ1) is 7.79. The summed E-state index contributed by atoms with van der Waals surface area (Å²) in [5.41, 5.74) is 0.538. The van der Waals surface area contributed by atoms with Crippen LogP contribution in [0, 0.1) is 14.9 Å². The zero-order valence-electron chi connectivity index (χ0n) is 8.22. The van der Waals surface area contributed by atoms with E-state index in [0.29, 0.717) is 11.4 Å². The number of nitrogens with zero attached hydrogens (tertiary/aromatic N) is 2. The average molecular weight is 322 g/mol. The number of pyridine rings is 1. The third kappa shape index (κ3) is 2.49. The van der Waals surface area contributed by atoms with Crippen LogP contribution in [0.4, 0.5) is 0 Å². The van der Waals surface area contributed by atoms with Crippen LogP contribution in [0.25, 0.3) is 0 Å². The molecule has 4 heteroatoms. The third-order valence-corrected chi connectivity index (χ3v) is 2.81. The van der Waals surface area contributed by atoms with Crippen molar-refractivity contribution in [1.82, 2.24) is 4.98 Å².